The van der Waals surface area contributed by atoms with Gasteiger partial charge in [0.1, 0.15) is 23.7 Å². The maximum absolute atomic E-state index is 11.7. The number of fused-ring (bicyclic) bond motifs is 1. The molecule has 1 aliphatic rings. The average Bonchev–Trinajstić information content (AvgIpc) is 2.97. The van der Waals surface area contributed by atoms with E-state index in [9.17, 15) is 4.55 Å². The van der Waals surface area contributed by atoms with Gasteiger partial charge < -0.3 is 9.45 Å². The van der Waals surface area contributed by atoms with Crippen molar-refractivity contribution in [2.24, 2.45) is 4.40 Å². The summed E-state index contributed by atoms with van der Waals surface area (Å²) < 4.78 is 18.3. The summed E-state index contributed by atoms with van der Waals surface area (Å²) in [5.74, 6) is 2.39. The molecule has 2 aromatic rings. The predicted molar refractivity (Wildman–Crippen MR) is 105 cm³/mol. The SMILES string of the molecule is CC(C)(C)S/N=C/c1cc(Cl)c2cncn2c1N1CC[S+]([O-])CC1. The quantitative estimate of drug-likeness (QED) is 0.462. The molecule has 2 aromatic heterocycles. The van der Waals surface area contributed by atoms with Crippen LogP contribution in [0.3, 0.4) is 0 Å². The van der Waals surface area contributed by atoms with Crippen molar-refractivity contribution in [3.63, 3.8) is 0 Å². The predicted octanol–water partition coefficient (Wildman–Crippen LogP) is 3.42. The first kappa shape index (κ1) is 17.9. The lowest BCUT2D eigenvalue weighted by atomic mass is 10.2. The van der Waals surface area contributed by atoms with E-state index in [2.05, 4.69) is 35.1 Å². The summed E-state index contributed by atoms with van der Waals surface area (Å²) in [6.45, 7) is 7.90. The Labute approximate surface area is 154 Å². The zero-order valence-electron chi connectivity index (χ0n) is 14.0. The smallest absolute Gasteiger partial charge is 0.123 e. The fraction of sp³-hybridized carbons (Fsp3) is 0.500. The highest BCUT2D eigenvalue weighted by atomic mass is 35.5. The lowest BCUT2D eigenvalue weighted by molar-refractivity contribution is 0.585. The zero-order valence-corrected chi connectivity index (χ0v) is 16.4. The van der Waals surface area contributed by atoms with E-state index in [-0.39, 0.29) is 4.75 Å². The molecule has 1 saturated heterocycles. The highest BCUT2D eigenvalue weighted by Crippen LogP contribution is 2.30. The molecule has 3 rings (SSSR count). The first-order valence-electron chi connectivity index (χ1n) is 7.81. The van der Waals surface area contributed by atoms with E-state index in [1.165, 1.54) is 11.9 Å². The minimum absolute atomic E-state index is 0.0571. The molecule has 5 nitrogen and oxygen atoms in total. The van der Waals surface area contributed by atoms with Gasteiger partial charge in [-0.2, -0.15) is 0 Å². The van der Waals surface area contributed by atoms with Crippen molar-refractivity contribution in [3.8, 4) is 0 Å². The monoisotopic (exact) mass is 384 g/mol. The highest BCUT2D eigenvalue weighted by molar-refractivity contribution is 7.99. The van der Waals surface area contributed by atoms with E-state index in [0.717, 1.165) is 30.0 Å². The first-order chi connectivity index (χ1) is 11.3. The minimum Gasteiger partial charge on any atom is -0.616 e. The van der Waals surface area contributed by atoms with Gasteiger partial charge in [-0.1, -0.05) is 22.8 Å². The topological polar surface area (TPSA) is 56.0 Å². The molecule has 130 valence electrons. The van der Waals surface area contributed by atoms with Crippen molar-refractivity contribution in [2.75, 3.05) is 29.5 Å². The lowest BCUT2D eigenvalue weighted by Crippen LogP contribution is -2.41. The van der Waals surface area contributed by atoms with Crippen molar-refractivity contribution >= 4 is 52.3 Å². The number of hydrogen-bond acceptors (Lipinski definition) is 5. The van der Waals surface area contributed by atoms with Crippen LogP contribution in [0.4, 0.5) is 5.82 Å². The summed E-state index contributed by atoms with van der Waals surface area (Å²) in [7, 11) is 0. The molecule has 0 aliphatic carbocycles. The van der Waals surface area contributed by atoms with Gasteiger partial charge in [-0.15, -0.1) is 0 Å². The third-order valence-corrected chi connectivity index (χ3v) is 5.98. The number of aromatic nitrogens is 2. The van der Waals surface area contributed by atoms with Gasteiger partial charge in [0, 0.05) is 16.5 Å². The van der Waals surface area contributed by atoms with Crippen LogP contribution in [-0.4, -0.2) is 49.5 Å². The molecule has 0 spiro atoms. The fourth-order valence-electron chi connectivity index (χ4n) is 2.58. The molecule has 1 aliphatic heterocycles. The van der Waals surface area contributed by atoms with Crippen LogP contribution < -0.4 is 4.90 Å². The third-order valence-electron chi connectivity index (χ3n) is 3.65. The molecule has 3 heterocycles. The number of nitrogens with zero attached hydrogens (tertiary/aromatic N) is 4. The van der Waals surface area contributed by atoms with Crippen LogP contribution in [0.5, 0.6) is 0 Å². The van der Waals surface area contributed by atoms with Gasteiger partial charge in [-0.05, 0) is 38.8 Å². The standard InChI is InChI=1S/C16H21ClN4OS2/c1-16(2,3)23-19-9-12-8-13(17)14-10-18-11-21(14)15(12)20-4-6-24(22)7-5-20/h8-11H,4-7H2,1-3H3/b19-9+. The second-order valence-corrected chi connectivity index (χ2v) is 10.4. The number of rotatable bonds is 3. The molecule has 0 unspecified atom stereocenters. The Bertz CT molecular complexity index is 748. The molecule has 0 saturated carbocycles. The summed E-state index contributed by atoms with van der Waals surface area (Å²) in [5, 5.41) is 0.652. The van der Waals surface area contributed by atoms with E-state index in [1.807, 2.05) is 16.7 Å². The molecule has 8 heteroatoms. The van der Waals surface area contributed by atoms with Crippen molar-refractivity contribution in [1.82, 2.24) is 9.38 Å². The molecule has 0 radical (unpaired) electrons. The zero-order chi connectivity index (χ0) is 17.3. The van der Waals surface area contributed by atoms with Gasteiger partial charge in [0.15, 0.2) is 0 Å². The van der Waals surface area contributed by atoms with E-state index in [4.69, 9.17) is 11.6 Å². The fourth-order valence-corrected chi connectivity index (χ4v) is 4.37. The Morgan fingerprint density at radius 3 is 2.75 bits per heavy atom. The summed E-state index contributed by atoms with van der Waals surface area (Å²) in [5.41, 5.74) is 1.83. The molecular weight excluding hydrogens is 364 g/mol. The van der Waals surface area contributed by atoms with Crippen molar-refractivity contribution in [2.45, 2.75) is 25.5 Å². The van der Waals surface area contributed by atoms with Gasteiger partial charge >= 0.3 is 0 Å². The van der Waals surface area contributed by atoms with Gasteiger partial charge in [-0.25, -0.2) is 9.38 Å². The van der Waals surface area contributed by atoms with Gasteiger partial charge in [0.25, 0.3) is 0 Å². The Kier molecular flexibility index (Phi) is 5.34. The summed E-state index contributed by atoms with van der Waals surface area (Å²) in [6.07, 6.45) is 5.40. The molecule has 0 amide bonds. The Hall–Kier alpha value is -0.890. The van der Waals surface area contributed by atoms with E-state index in [1.54, 1.807) is 12.5 Å². The maximum atomic E-state index is 11.7. The number of pyridine rings is 1. The number of halogens is 1. The number of imidazole rings is 1. The van der Waals surface area contributed by atoms with Crippen LogP contribution >= 0.6 is 23.5 Å². The van der Waals surface area contributed by atoms with Gasteiger partial charge in [0.05, 0.1) is 29.8 Å². The van der Waals surface area contributed by atoms with E-state index >= 15 is 0 Å². The average molecular weight is 385 g/mol. The van der Waals surface area contributed by atoms with Gasteiger partial charge in [-0.3, -0.25) is 4.40 Å². The van der Waals surface area contributed by atoms with Crippen molar-refractivity contribution < 1.29 is 4.55 Å². The van der Waals surface area contributed by atoms with Crippen molar-refractivity contribution in [1.29, 1.82) is 0 Å². The largest absolute Gasteiger partial charge is 0.616 e. The summed E-state index contributed by atoms with van der Waals surface area (Å²) >= 11 is 7.22. The Morgan fingerprint density at radius 2 is 2.08 bits per heavy atom. The molecule has 24 heavy (non-hydrogen) atoms. The summed E-state index contributed by atoms with van der Waals surface area (Å²) in [4.78, 5) is 6.48. The number of hydrogen-bond donors (Lipinski definition) is 0. The maximum Gasteiger partial charge on any atom is 0.123 e. The highest BCUT2D eigenvalue weighted by Gasteiger charge is 2.24. The Morgan fingerprint density at radius 1 is 1.38 bits per heavy atom. The molecule has 0 N–H and O–H groups in total. The van der Waals surface area contributed by atoms with Crippen LogP contribution in [0.15, 0.2) is 23.0 Å². The normalized spacial score (nSPS) is 17.3. The van der Waals surface area contributed by atoms with Crippen LogP contribution in [0.2, 0.25) is 5.02 Å². The van der Waals surface area contributed by atoms with E-state index < -0.39 is 11.2 Å². The molecule has 0 atom stereocenters. The van der Waals surface area contributed by atoms with E-state index in [0.29, 0.717) is 16.5 Å². The van der Waals surface area contributed by atoms with Gasteiger partial charge in [0.2, 0.25) is 0 Å². The third kappa shape index (κ3) is 4.02. The van der Waals surface area contributed by atoms with Crippen LogP contribution in [0.1, 0.15) is 26.3 Å². The first-order valence-corrected chi connectivity index (χ1v) is 10.4. The van der Waals surface area contributed by atoms with Crippen LogP contribution in [0, 0.1) is 0 Å². The molecule has 0 bridgehead atoms. The van der Waals surface area contributed by atoms with Crippen LogP contribution in [0.25, 0.3) is 5.52 Å². The Balaban J connectivity index is 2.01. The second-order valence-electron chi connectivity index (χ2n) is 6.69. The lowest BCUT2D eigenvalue weighted by Gasteiger charge is -2.31. The molecule has 1 fully saturated rings. The second kappa shape index (κ2) is 7.15. The molecule has 0 aromatic carbocycles. The summed E-state index contributed by atoms with van der Waals surface area (Å²) in [6, 6.07) is 1.94. The molecular formula is C16H21ClN4OS2. The van der Waals surface area contributed by atoms with Crippen molar-refractivity contribution in [3.05, 3.63) is 29.2 Å². The number of anilines is 1. The van der Waals surface area contributed by atoms with Crippen LogP contribution in [-0.2, 0) is 11.2 Å². The minimum atomic E-state index is -0.717.